The van der Waals surface area contributed by atoms with Gasteiger partial charge in [0.25, 0.3) is 0 Å². The molecule has 1 rings (SSSR count). The van der Waals surface area contributed by atoms with Crippen molar-refractivity contribution in [1.29, 1.82) is 0 Å². The lowest BCUT2D eigenvalue weighted by Crippen LogP contribution is -2.27. The van der Waals surface area contributed by atoms with Crippen molar-refractivity contribution < 1.29 is 9.53 Å². The Kier molecular flexibility index (Phi) is 4.21. The molecule has 0 aliphatic rings. The first-order valence-electron chi connectivity index (χ1n) is 4.73. The molecule has 0 unspecified atom stereocenters. The lowest BCUT2D eigenvalue weighted by Gasteiger charge is -2.20. The number of rotatable bonds is 1. The summed E-state index contributed by atoms with van der Waals surface area (Å²) in [5, 5.41) is 3.04. The highest BCUT2D eigenvalue weighted by atomic mass is 79.9. The summed E-state index contributed by atoms with van der Waals surface area (Å²) in [6.45, 7) is 5.40. The van der Waals surface area contributed by atoms with E-state index in [-0.39, 0.29) is 0 Å². The molecule has 1 aromatic carbocycles. The Balaban J connectivity index is 2.74. The van der Waals surface area contributed by atoms with E-state index in [9.17, 15) is 4.79 Å². The average Bonchev–Trinajstić information content (AvgIpc) is 2.09. The lowest BCUT2D eigenvalue weighted by atomic mass is 10.2. The quantitative estimate of drug-likeness (QED) is 0.832. The molecule has 0 atom stereocenters. The minimum absolute atomic E-state index is 0.452. The van der Waals surface area contributed by atoms with Crippen molar-refractivity contribution in [2.45, 2.75) is 26.4 Å². The van der Waals surface area contributed by atoms with Crippen LogP contribution in [0, 0.1) is 0 Å². The van der Waals surface area contributed by atoms with Crippen LogP contribution in [0.1, 0.15) is 20.8 Å². The number of nitrogens with one attached hydrogen (secondary N) is 1. The normalized spacial score (nSPS) is 11.1. The van der Waals surface area contributed by atoms with Gasteiger partial charge in [0.2, 0.25) is 0 Å². The molecule has 1 N–H and O–H groups in total. The van der Waals surface area contributed by atoms with Crippen molar-refractivity contribution in [1.82, 2.24) is 0 Å². The van der Waals surface area contributed by atoms with Gasteiger partial charge in [0.15, 0.2) is 0 Å². The van der Waals surface area contributed by atoms with E-state index in [4.69, 9.17) is 16.3 Å². The predicted octanol–water partition coefficient (Wildman–Crippen LogP) is 4.45. The molecule has 0 spiro atoms. The van der Waals surface area contributed by atoms with Gasteiger partial charge in [0.1, 0.15) is 5.60 Å². The number of carbonyl (C=O) groups excluding carboxylic acids is 1. The Bertz CT molecular complexity index is 401. The summed E-state index contributed by atoms with van der Waals surface area (Å²) in [6.07, 6.45) is -0.521. The van der Waals surface area contributed by atoms with Gasteiger partial charge in [-0.15, -0.1) is 0 Å². The fraction of sp³-hybridized carbons (Fsp3) is 0.364. The Morgan fingerprint density at radius 2 is 2.06 bits per heavy atom. The fourth-order valence-corrected chi connectivity index (χ4v) is 1.55. The Morgan fingerprint density at radius 3 is 2.62 bits per heavy atom. The first kappa shape index (κ1) is 13.3. The summed E-state index contributed by atoms with van der Waals surface area (Å²) in [5.41, 5.74) is -0.00644. The van der Waals surface area contributed by atoms with Crippen LogP contribution in [0.3, 0.4) is 0 Å². The van der Waals surface area contributed by atoms with E-state index in [1.807, 2.05) is 0 Å². The van der Waals surface area contributed by atoms with E-state index >= 15 is 0 Å². The number of ether oxygens (including phenoxy) is 1. The van der Waals surface area contributed by atoms with E-state index in [0.717, 1.165) is 4.47 Å². The number of benzene rings is 1. The third-order valence-corrected chi connectivity index (χ3v) is 2.88. The summed E-state index contributed by atoms with van der Waals surface area (Å²) >= 11 is 9.26. The number of carbonyl (C=O) groups is 1. The zero-order valence-corrected chi connectivity index (χ0v) is 11.6. The molecule has 0 aliphatic carbocycles. The van der Waals surface area contributed by atoms with Gasteiger partial charge in [0, 0.05) is 4.47 Å². The average molecular weight is 307 g/mol. The van der Waals surface area contributed by atoms with E-state index in [1.165, 1.54) is 0 Å². The topological polar surface area (TPSA) is 38.3 Å². The predicted molar refractivity (Wildman–Crippen MR) is 69.0 cm³/mol. The monoisotopic (exact) mass is 305 g/mol. The van der Waals surface area contributed by atoms with Crippen LogP contribution in [0.25, 0.3) is 0 Å². The molecule has 0 radical (unpaired) electrons. The highest BCUT2D eigenvalue weighted by Gasteiger charge is 2.17. The summed E-state index contributed by atoms with van der Waals surface area (Å²) in [5.74, 6) is 0. The molecule has 5 heteroatoms. The summed E-state index contributed by atoms with van der Waals surface area (Å²) < 4.78 is 5.84. The molecule has 0 saturated carbocycles. The maximum absolute atomic E-state index is 11.5. The van der Waals surface area contributed by atoms with Crippen LogP contribution >= 0.6 is 27.5 Å². The number of anilines is 1. The largest absolute Gasteiger partial charge is 0.444 e. The van der Waals surface area contributed by atoms with Crippen molar-refractivity contribution in [2.75, 3.05) is 5.32 Å². The molecule has 88 valence electrons. The van der Waals surface area contributed by atoms with Gasteiger partial charge < -0.3 is 4.74 Å². The number of hydrogen-bond acceptors (Lipinski definition) is 2. The van der Waals surface area contributed by atoms with Gasteiger partial charge in [-0.25, -0.2) is 4.79 Å². The van der Waals surface area contributed by atoms with E-state index < -0.39 is 11.7 Å². The van der Waals surface area contributed by atoms with Gasteiger partial charge in [-0.2, -0.15) is 0 Å². The van der Waals surface area contributed by atoms with Gasteiger partial charge in [-0.05, 0) is 48.8 Å². The first-order chi connectivity index (χ1) is 7.29. The number of hydrogen-bond donors (Lipinski definition) is 1. The molecule has 0 aromatic heterocycles. The van der Waals surface area contributed by atoms with Crippen LogP contribution in [-0.2, 0) is 4.74 Å². The standard InChI is InChI=1S/C11H13BrClNO2/c1-11(2,3)16-10(15)14-8-6-4-5-7(12)9(8)13/h4-6H,1-3H3,(H,14,15). The molecule has 3 nitrogen and oxygen atoms in total. The van der Waals surface area contributed by atoms with Gasteiger partial charge in [-0.3, -0.25) is 5.32 Å². The van der Waals surface area contributed by atoms with Crippen molar-refractivity contribution in [2.24, 2.45) is 0 Å². The van der Waals surface area contributed by atoms with E-state index in [2.05, 4.69) is 21.2 Å². The van der Waals surface area contributed by atoms with Gasteiger partial charge in [0.05, 0.1) is 10.7 Å². The molecule has 1 amide bonds. The number of amides is 1. The van der Waals surface area contributed by atoms with Crippen LogP contribution in [0.2, 0.25) is 5.02 Å². The van der Waals surface area contributed by atoms with Crippen LogP contribution in [0.4, 0.5) is 10.5 Å². The highest BCUT2D eigenvalue weighted by molar-refractivity contribution is 9.10. The summed E-state index contributed by atoms with van der Waals surface area (Å²) in [6, 6.07) is 5.28. The Morgan fingerprint density at radius 1 is 1.44 bits per heavy atom. The lowest BCUT2D eigenvalue weighted by molar-refractivity contribution is 0.0636. The Labute approximate surface area is 108 Å². The molecule has 0 aliphatic heterocycles. The van der Waals surface area contributed by atoms with Crippen molar-refractivity contribution >= 4 is 39.3 Å². The zero-order valence-electron chi connectivity index (χ0n) is 9.30. The smallest absolute Gasteiger partial charge is 0.412 e. The maximum Gasteiger partial charge on any atom is 0.412 e. The molecular weight excluding hydrogens is 293 g/mol. The fourth-order valence-electron chi connectivity index (χ4n) is 1.01. The first-order valence-corrected chi connectivity index (χ1v) is 5.91. The maximum atomic E-state index is 11.5. The van der Waals surface area contributed by atoms with Crippen LogP contribution in [0.15, 0.2) is 22.7 Å². The third kappa shape index (κ3) is 4.02. The van der Waals surface area contributed by atoms with Gasteiger partial charge in [-0.1, -0.05) is 17.7 Å². The molecule has 0 heterocycles. The molecule has 1 aromatic rings. The van der Waals surface area contributed by atoms with Gasteiger partial charge >= 0.3 is 6.09 Å². The minimum Gasteiger partial charge on any atom is -0.444 e. The summed E-state index contributed by atoms with van der Waals surface area (Å²) in [4.78, 5) is 11.5. The summed E-state index contributed by atoms with van der Waals surface area (Å²) in [7, 11) is 0. The minimum atomic E-state index is -0.525. The second-order valence-electron chi connectivity index (χ2n) is 4.23. The van der Waals surface area contributed by atoms with Crippen molar-refractivity contribution in [3.05, 3.63) is 27.7 Å². The Hall–Kier alpha value is -0.740. The molecule has 0 bridgehead atoms. The molecule has 0 fully saturated rings. The van der Waals surface area contributed by atoms with Crippen LogP contribution in [-0.4, -0.2) is 11.7 Å². The zero-order chi connectivity index (χ0) is 12.3. The van der Waals surface area contributed by atoms with Crippen LogP contribution < -0.4 is 5.32 Å². The molecule has 16 heavy (non-hydrogen) atoms. The van der Waals surface area contributed by atoms with Crippen molar-refractivity contribution in [3.63, 3.8) is 0 Å². The van der Waals surface area contributed by atoms with Crippen molar-refractivity contribution in [3.8, 4) is 0 Å². The second kappa shape index (κ2) is 5.06. The third-order valence-electron chi connectivity index (χ3n) is 1.59. The van der Waals surface area contributed by atoms with E-state index in [0.29, 0.717) is 10.7 Å². The van der Waals surface area contributed by atoms with Crippen LogP contribution in [0.5, 0.6) is 0 Å². The highest BCUT2D eigenvalue weighted by Crippen LogP contribution is 2.30. The molecule has 0 saturated heterocycles. The second-order valence-corrected chi connectivity index (χ2v) is 5.46. The molecular formula is C11H13BrClNO2. The van der Waals surface area contributed by atoms with E-state index in [1.54, 1.807) is 39.0 Å². The number of halogens is 2. The SMILES string of the molecule is CC(C)(C)OC(=O)Nc1cccc(Br)c1Cl.